The Labute approximate surface area is 138 Å². The SMILES string of the molecule is [Ce].[Nb].[SrH2].[Y]. The van der Waals surface area contributed by atoms with Gasteiger partial charge in [0.25, 0.3) is 0 Å². The minimum absolute atomic E-state index is 0. The van der Waals surface area contributed by atoms with Gasteiger partial charge < -0.3 is 0 Å². The molecule has 0 bridgehead atoms. The van der Waals surface area contributed by atoms with Crippen LogP contribution in [0.5, 0.6) is 0 Å². The van der Waals surface area contributed by atoms with Crippen LogP contribution >= 0.6 is 0 Å². The van der Waals surface area contributed by atoms with E-state index in [0.717, 1.165) is 0 Å². The first-order valence-electron chi connectivity index (χ1n) is 0. The van der Waals surface area contributed by atoms with E-state index in [1.54, 1.807) is 0 Å². The van der Waals surface area contributed by atoms with Gasteiger partial charge in [-0.1, -0.05) is 0 Å². The molecule has 0 amide bonds. The van der Waals surface area contributed by atoms with E-state index in [0.29, 0.717) is 0 Å². The third-order valence-corrected chi connectivity index (χ3v) is 0. The second kappa shape index (κ2) is 15.6. The summed E-state index contributed by atoms with van der Waals surface area (Å²) in [5.41, 5.74) is 0. The first-order chi connectivity index (χ1) is 0. The maximum absolute atomic E-state index is 0. The molecule has 2 radical (unpaired) electrons. The number of hydrogen-bond acceptors (Lipinski definition) is 0. The van der Waals surface area contributed by atoms with Gasteiger partial charge in [-0.3, -0.25) is 0 Å². The third kappa shape index (κ3) is 9.86. The van der Waals surface area contributed by atoms with Crippen LogP contribution in [0.25, 0.3) is 0 Å². The molecule has 0 N–H and O–H groups in total. The molecule has 0 fully saturated rings. The van der Waals surface area contributed by atoms with E-state index in [2.05, 4.69) is 0 Å². The quantitative estimate of drug-likeness (QED) is 0.453. The maximum Gasteiger partial charge on any atom is 0 e. The van der Waals surface area contributed by atoms with Gasteiger partial charge in [-0.15, -0.1) is 0 Å². The Hall–Kier alpha value is 4.70. The molecule has 0 rings (SSSR count). The zero-order valence-corrected chi connectivity index (χ0v) is 9.70. The topological polar surface area (TPSA) is 0 Å². The molecule has 0 aromatic rings. The van der Waals surface area contributed by atoms with Crippen molar-refractivity contribution in [1.29, 1.82) is 0 Å². The van der Waals surface area contributed by atoms with E-state index < -0.39 is 0 Å². The predicted molar refractivity (Wildman–Crippen MR) is 8.54 cm³/mol. The first kappa shape index (κ1) is 23.3. The Bertz CT molecular complexity index is 8.00. The van der Waals surface area contributed by atoms with E-state index >= 15 is 0 Å². The van der Waals surface area contributed by atoms with Crippen molar-refractivity contribution in [1.82, 2.24) is 0 Å². The van der Waals surface area contributed by atoms with Crippen molar-refractivity contribution in [3.63, 3.8) is 0 Å². The summed E-state index contributed by atoms with van der Waals surface area (Å²) >= 11 is 0. The average Bonchev–Trinajstić information content (AvgIpc) is 0. The molecule has 0 heterocycles. The molecule has 0 saturated carbocycles. The Balaban J connectivity index is 0. The number of hydrogen-bond donors (Lipinski definition) is 0. The van der Waals surface area contributed by atoms with Crippen molar-refractivity contribution in [3.8, 4) is 0 Å². The molecule has 0 aliphatic carbocycles. The van der Waals surface area contributed by atoms with Crippen LogP contribution in [0, 0.1) is 41.7 Å². The molecule has 0 nitrogen and oxygen atoms in total. The molecule has 0 unspecified atom stereocenters. The normalized spacial score (nSPS) is 0. The summed E-state index contributed by atoms with van der Waals surface area (Å²) in [6, 6.07) is 0. The predicted octanol–water partition coefficient (Wildman–Crippen LogP) is -0.921. The summed E-state index contributed by atoms with van der Waals surface area (Å²) in [7, 11) is 0. The molecule has 0 aromatic heterocycles. The Morgan fingerprint density at radius 2 is 1.00 bits per heavy atom. The van der Waals surface area contributed by atoms with Gasteiger partial charge in [0.1, 0.15) is 0 Å². The summed E-state index contributed by atoms with van der Waals surface area (Å²) in [4.78, 5) is 0. The van der Waals surface area contributed by atoms with Crippen molar-refractivity contribution >= 4 is 45.5 Å². The molecule has 16 valence electrons. The fourth-order valence-electron chi connectivity index (χ4n) is 0. The Kier molecular flexibility index (Phi) is 91.3. The van der Waals surface area contributed by atoms with Gasteiger partial charge in [0, 0.05) is 96.8 Å². The summed E-state index contributed by atoms with van der Waals surface area (Å²) in [5, 5.41) is 0. The van der Waals surface area contributed by atoms with Crippen LogP contribution in [-0.2, 0) is 55.1 Å². The van der Waals surface area contributed by atoms with Crippen molar-refractivity contribution in [2.75, 3.05) is 0 Å². The van der Waals surface area contributed by atoms with E-state index in [9.17, 15) is 0 Å². The van der Waals surface area contributed by atoms with Gasteiger partial charge in [0.2, 0.25) is 0 Å². The van der Waals surface area contributed by atoms with Crippen molar-refractivity contribution in [2.24, 2.45) is 0 Å². The van der Waals surface area contributed by atoms with Crippen molar-refractivity contribution < 1.29 is 96.8 Å². The van der Waals surface area contributed by atoms with Crippen molar-refractivity contribution in [3.05, 3.63) is 0 Å². The maximum atomic E-state index is 0. The fraction of sp³-hybridized carbons (Fsp3) is 0. The van der Waals surface area contributed by atoms with E-state index in [1.807, 2.05) is 0 Å². The molecule has 4 heavy (non-hydrogen) atoms. The fourth-order valence-corrected chi connectivity index (χ4v) is 0. The minimum Gasteiger partial charge on any atom is 0 e. The van der Waals surface area contributed by atoms with E-state index in [4.69, 9.17) is 0 Å². The largest absolute Gasteiger partial charge is 0 e. The molecule has 4 heteroatoms. The summed E-state index contributed by atoms with van der Waals surface area (Å²) < 4.78 is 0. The number of rotatable bonds is 0. The summed E-state index contributed by atoms with van der Waals surface area (Å²) in [6.45, 7) is 0. The molecule has 0 aromatic carbocycles. The van der Waals surface area contributed by atoms with Crippen LogP contribution in [0.3, 0.4) is 0 Å². The first-order valence-corrected chi connectivity index (χ1v) is 0. The third-order valence-electron chi connectivity index (χ3n) is 0. The zero-order valence-electron chi connectivity index (χ0n) is 1.52. The summed E-state index contributed by atoms with van der Waals surface area (Å²) in [6.07, 6.45) is 0. The van der Waals surface area contributed by atoms with Crippen LogP contribution in [0.2, 0.25) is 0 Å². The van der Waals surface area contributed by atoms with E-state index in [-0.39, 0.29) is 142 Å². The van der Waals surface area contributed by atoms with E-state index in [1.165, 1.54) is 0 Å². The molecule has 0 saturated heterocycles. The van der Waals surface area contributed by atoms with Crippen LogP contribution in [0.15, 0.2) is 0 Å². The van der Waals surface area contributed by atoms with Crippen LogP contribution in [-0.4, -0.2) is 45.5 Å². The Morgan fingerprint density at radius 1 is 1.00 bits per heavy atom. The van der Waals surface area contributed by atoms with Gasteiger partial charge in [-0.2, -0.15) is 0 Å². The Morgan fingerprint density at radius 3 is 1.00 bits per heavy atom. The smallest absolute Gasteiger partial charge is 0 e. The molecular weight excluding hydrogens is 410 g/mol. The molecule has 0 atom stereocenters. The summed E-state index contributed by atoms with van der Waals surface area (Å²) in [5.74, 6) is 0. The van der Waals surface area contributed by atoms with Gasteiger partial charge in [-0.25, -0.2) is 0 Å². The standard InChI is InChI=1S/Ce.Nb.Sr.Y.2H. The zero-order chi connectivity index (χ0) is 0. The molecule has 0 aliphatic heterocycles. The average molecular weight is 412 g/mol. The van der Waals surface area contributed by atoms with Gasteiger partial charge in [-0.05, 0) is 0 Å². The van der Waals surface area contributed by atoms with Crippen LogP contribution in [0.4, 0.5) is 0 Å². The van der Waals surface area contributed by atoms with Crippen LogP contribution < -0.4 is 0 Å². The molecular formula is H2CeNbSrY. The second-order valence-corrected chi connectivity index (χ2v) is 0. The monoisotopic (exact) mass is 412 g/mol. The molecule has 0 spiro atoms. The minimum atomic E-state index is 0. The van der Waals surface area contributed by atoms with Gasteiger partial charge in [0.15, 0.2) is 0 Å². The van der Waals surface area contributed by atoms with Crippen molar-refractivity contribution in [2.45, 2.75) is 0 Å². The van der Waals surface area contributed by atoms with Crippen LogP contribution in [0.1, 0.15) is 0 Å². The second-order valence-electron chi connectivity index (χ2n) is 0. The molecule has 0 aliphatic rings. The van der Waals surface area contributed by atoms with Gasteiger partial charge in [0.05, 0.1) is 0 Å². The van der Waals surface area contributed by atoms with Gasteiger partial charge >= 0.3 is 45.5 Å².